The first-order valence-corrected chi connectivity index (χ1v) is 8.84. The zero-order chi connectivity index (χ0) is 21.7. The predicted octanol–water partition coefficient (Wildman–Crippen LogP) is 3.55. The van der Waals surface area contributed by atoms with Crippen LogP contribution >= 0.6 is 0 Å². The number of carboxylic acid groups (broad SMARTS) is 1. The van der Waals surface area contributed by atoms with Crippen molar-refractivity contribution in [3.8, 4) is 11.3 Å². The number of nitrogens with zero attached hydrogens (tertiary/aromatic N) is 2. The molecule has 30 heavy (non-hydrogen) atoms. The number of benzene rings is 2. The summed E-state index contributed by atoms with van der Waals surface area (Å²) in [5.74, 6) is -0.735. The molecule has 2 N–H and O–H groups in total. The van der Waals surface area contributed by atoms with Crippen LogP contribution in [0.2, 0.25) is 0 Å². The Bertz CT molecular complexity index is 1150. The maximum atomic E-state index is 12.0. The lowest BCUT2D eigenvalue weighted by molar-refractivity contribution is -0.385. The van der Waals surface area contributed by atoms with Crippen LogP contribution in [0, 0.1) is 17.0 Å². The third-order valence-electron chi connectivity index (χ3n) is 4.38. The van der Waals surface area contributed by atoms with Gasteiger partial charge in [-0.3, -0.25) is 14.9 Å². The number of nitro benzene ring substituents is 1. The molecule has 0 aliphatic carbocycles. The van der Waals surface area contributed by atoms with E-state index in [1.807, 2.05) is 0 Å². The quantitative estimate of drug-likeness (QED) is 0.349. The van der Waals surface area contributed by atoms with Crippen LogP contribution in [0.15, 0.2) is 64.1 Å². The molecule has 3 aromatic rings. The summed E-state index contributed by atoms with van der Waals surface area (Å²) < 4.78 is 5.65. The molecule has 0 aliphatic rings. The number of amides is 1. The fourth-order valence-corrected chi connectivity index (χ4v) is 2.92. The first kappa shape index (κ1) is 20.5. The molecule has 3 rings (SSSR count). The number of rotatable bonds is 7. The summed E-state index contributed by atoms with van der Waals surface area (Å²) in [5, 5.41) is 24.0. The molecule has 0 unspecified atom stereocenters. The average Bonchev–Trinajstić information content (AvgIpc) is 3.16. The van der Waals surface area contributed by atoms with Crippen LogP contribution < -0.4 is 5.43 Å². The predicted molar refractivity (Wildman–Crippen MR) is 108 cm³/mol. The summed E-state index contributed by atoms with van der Waals surface area (Å²) in [6.07, 6.45) is 1.09. The van der Waals surface area contributed by atoms with Gasteiger partial charge in [0.05, 0.1) is 23.1 Å². The van der Waals surface area contributed by atoms with Gasteiger partial charge in [0.15, 0.2) is 0 Å². The van der Waals surface area contributed by atoms with Gasteiger partial charge in [0.2, 0.25) is 5.91 Å². The molecule has 0 spiro atoms. The van der Waals surface area contributed by atoms with Crippen LogP contribution in [-0.4, -0.2) is 28.1 Å². The van der Waals surface area contributed by atoms with Crippen molar-refractivity contribution in [2.75, 3.05) is 0 Å². The second kappa shape index (κ2) is 8.82. The molecule has 1 aromatic heterocycles. The summed E-state index contributed by atoms with van der Waals surface area (Å²) in [6, 6.07) is 14.2. The second-order valence-corrected chi connectivity index (χ2v) is 6.34. The normalized spacial score (nSPS) is 10.8. The number of carboxylic acids is 1. The minimum atomic E-state index is -1.02. The number of carbonyl (C=O) groups excluding carboxylic acids is 1. The van der Waals surface area contributed by atoms with Gasteiger partial charge in [-0.1, -0.05) is 30.3 Å². The monoisotopic (exact) mass is 407 g/mol. The Hall–Kier alpha value is -4.27. The zero-order valence-electron chi connectivity index (χ0n) is 15.9. The van der Waals surface area contributed by atoms with E-state index in [0.29, 0.717) is 22.6 Å². The lowest BCUT2D eigenvalue weighted by Gasteiger charge is -2.05. The fourth-order valence-electron chi connectivity index (χ4n) is 2.92. The maximum Gasteiger partial charge on any atom is 0.335 e. The lowest BCUT2D eigenvalue weighted by atomic mass is 10.0. The third-order valence-corrected chi connectivity index (χ3v) is 4.38. The van der Waals surface area contributed by atoms with Crippen LogP contribution in [0.5, 0.6) is 0 Å². The average molecular weight is 407 g/mol. The van der Waals surface area contributed by atoms with E-state index < -0.39 is 16.8 Å². The minimum Gasteiger partial charge on any atom is -0.478 e. The highest BCUT2D eigenvalue weighted by Gasteiger charge is 2.15. The van der Waals surface area contributed by atoms with Gasteiger partial charge in [-0.15, -0.1) is 0 Å². The van der Waals surface area contributed by atoms with Crippen LogP contribution in [0.25, 0.3) is 11.3 Å². The Labute approximate surface area is 170 Å². The van der Waals surface area contributed by atoms with E-state index >= 15 is 0 Å². The number of hydrazone groups is 1. The lowest BCUT2D eigenvalue weighted by Crippen LogP contribution is -2.20. The van der Waals surface area contributed by atoms with Gasteiger partial charge in [-0.25, -0.2) is 10.2 Å². The van der Waals surface area contributed by atoms with Crippen molar-refractivity contribution in [1.82, 2.24) is 5.43 Å². The summed E-state index contributed by atoms with van der Waals surface area (Å²) >= 11 is 0. The van der Waals surface area contributed by atoms with Crippen LogP contribution in [0.4, 0.5) is 5.69 Å². The van der Waals surface area contributed by atoms with Crippen LogP contribution in [-0.2, 0) is 11.2 Å². The van der Waals surface area contributed by atoms with Crippen molar-refractivity contribution in [3.05, 3.63) is 87.2 Å². The smallest absolute Gasteiger partial charge is 0.335 e. The zero-order valence-corrected chi connectivity index (χ0v) is 15.9. The molecule has 0 saturated heterocycles. The van der Waals surface area contributed by atoms with Crippen molar-refractivity contribution in [2.45, 2.75) is 13.3 Å². The maximum absolute atomic E-state index is 12.0. The SMILES string of the molecule is Cc1c(C(=O)O)cccc1-c1ccc(C=NNC(=O)Cc2ccccc2[N+](=O)[O-])o1. The van der Waals surface area contributed by atoms with Gasteiger partial charge in [0.25, 0.3) is 5.69 Å². The number of hydrogen-bond acceptors (Lipinski definition) is 6. The van der Waals surface area contributed by atoms with Gasteiger partial charge in [-0.05, 0) is 30.7 Å². The number of carbonyl (C=O) groups is 2. The molecular formula is C21H17N3O6. The number of furan rings is 1. The third kappa shape index (κ3) is 4.58. The summed E-state index contributed by atoms with van der Waals surface area (Å²) in [4.78, 5) is 33.8. The van der Waals surface area contributed by atoms with Gasteiger partial charge in [-0.2, -0.15) is 5.10 Å². The molecule has 0 atom stereocenters. The van der Waals surface area contributed by atoms with E-state index in [9.17, 15) is 24.8 Å². The molecule has 0 fully saturated rings. The fraction of sp³-hybridized carbons (Fsp3) is 0.0952. The Morgan fingerprint density at radius 2 is 1.93 bits per heavy atom. The van der Waals surface area contributed by atoms with Gasteiger partial charge >= 0.3 is 5.97 Å². The van der Waals surface area contributed by atoms with E-state index in [4.69, 9.17) is 4.42 Å². The second-order valence-electron chi connectivity index (χ2n) is 6.34. The Balaban J connectivity index is 1.67. The summed E-state index contributed by atoms with van der Waals surface area (Å²) in [5.41, 5.74) is 3.84. The first-order chi connectivity index (χ1) is 14.4. The van der Waals surface area contributed by atoms with E-state index in [2.05, 4.69) is 10.5 Å². The van der Waals surface area contributed by atoms with E-state index in [0.717, 1.165) is 0 Å². The van der Waals surface area contributed by atoms with Gasteiger partial charge < -0.3 is 9.52 Å². The molecule has 0 bridgehead atoms. The Morgan fingerprint density at radius 3 is 2.67 bits per heavy atom. The first-order valence-electron chi connectivity index (χ1n) is 8.84. The number of hydrogen-bond donors (Lipinski definition) is 2. The van der Waals surface area contributed by atoms with Crippen molar-refractivity contribution in [1.29, 1.82) is 0 Å². The standard InChI is InChI=1S/C21H17N3O6/c1-13-16(6-4-7-17(13)21(26)27)19-10-9-15(30-19)12-22-23-20(25)11-14-5-2-3-8-18(14)24(28)29/h2-10,12H,11H2,1H3,(H,23,25)(H,26,27). The van der Waals surface area contributed by atoms with Crippen LogP contribution in [0.3, 0.4) is 0 Å². The minimum absolute atomic E-state index is 0.133. The molecule has 0 aliphatic heterocycles. The molecular weight excluding hydrogens is 390 g/mol. The molecule has 9 nitrogen and oxygen atoms in total. The molecule has 9 heteroatoms. The molecule has 0 radical (unpaired) electrons. The number of nitro groups is 1. The highest BCUT2D eigenvalue weighted by Crippen LogP contribution is 2.27. The van der Waals surface area contributed by atoms with Gasteiger partial charge in [0, 0.05) is 17.2 Å². The molecule has 0 saturated carbocycles. The molecule has 2 aromatic carbocycles. The van der Waals surface area contributed by atoms with Crippen molar-refractivity contribution in [2.24, 2.45) is 5.10 Å². The van der Waals surface area contributed by atoms with Crippen molar-refractivity contribution < 1.29 is 24.0 Å². The topological polar surface area (TPSA) is 135 Å². The van der Waals surface area contributed by atoms with Crippen LogP contribution in [0.1, 0.15) is 27.2 Å². The molecule has 1 amide bonds. The number of aromatic carboxylic acids is 1. The Kier molecular flexibility index (Phi) is 6.02. The van der Waals surface area contributed by atoms with Crippen molar-refractivity contribution >= 4 is 23.8 Å². The van der Waals surface area contributed by atoms with E-state index in [1.54, 1.807) is 37.3 Å². The number of para-hydroxylation sites is 1. The molecule has 1 heterocycles. The van der Waals surface area contributed by atoms with Gasteiger partial charge in [0.1, 0.15) is 11.5 Å². The highest BCUT2D eigenvalue weighted by atomic mass is 16.6. The molecule has 152 valence electrons. The number of nitrogens with one attached hydrogen (secondary N) is 1. The highest BCUT2D eigenvalue weighted by molar-refractivity contribution is 5.91. The van der Waals surface area contributed by atoms with E-state index in [1.165, 1.54) is 30.5 Å². The summed E-state index contributed by atoms with van der Waals surface area (Å²) in [7, 11) is 0. The summed E-state index contributed by atoms with van der Waals surface area (Å²) in [6.45, 7) is 1.69. The van der Waals surface area contributed by atoms with Crippen molar-refractivity contribution in [3.63, 3.8) is 0 Å². The Morgan fingerprint density at radius 1 is 1.17 bits per heavy atom. The largest absolute Gasteiger partial charge is 0.478 e. The van der Waals surface area contributed by atoms with E-state index in [-0.39, 0.29) is 23.2 Å².